The van der Waals surface area contributed by atoms with Gasteiger partial charge in [-0.25, -0.2) is 4.79 Å². The van der Waals surface area contributed by atoms with E-state index in [9.17, 15) is 9.59 Å². The van der Waals surface area contributed by atoms with Crippen LogP contribution in [-0.2, 0) is 4.79 Å². The van der Waals surface area contributed by atoms with Gasteiger partial charge in [-0.2, -0.15) is 0 Å². The van der Waals surface area contributed by atoms with Gasteiger partial charge in [-0.05, 0) is 52.4 Å². The Morgan fingerprint density at radius 3 is 2.10 bits per heavy atom. The number of rotatable bonds is 4. The maximum atomic E-state index is 12.2. The quantitative estimate of drug-likeness (QED) is 0.824. The molecule has 5 heteroatoms. The largest absolute Gasteiger partial charge is 0.353 e. The van der Waals surface area contributed by atoms with E-state index < -0.39 is 0 Å². The molecule has 5 nitrogen and oxygen atoms in total. The van der Waals surface area contributed by atoms with E-state index in [-0.39, 0.29) is 23.9 Å². The predicted molar refractivity (Wildman–Crippen MR) is 78.3 cm³/mol. The van der Waals surface area contributed by atoms with Gasteiger partial charge < -0.3 is 15.5 Å². The Balaban J connectivity index is 1.72. The molecule has 0 spiro atoms. The van der Waals surface area contributed by atoms with Gasteiger partial charge >= 0.3 is 6.03 Å². The standard InChI is InChI=1S/C15H27N3O2/c1-10(2)16-15(20)18-8-6-13(7-9-18)14(19)17-11(3)12-4-5-12/h10-13H,4-9H2,1-3H3,(H,16,20)(H,17,19)/t11-/m1/s1. The molecule has 0 radical (unpaired) electrons. The van der Waals surface area contributed by atoms with Crippen molar-refractivity contribution >= 4 is 11.9 Å². The second-order valence-corrected chi connectivity index (χ2v) is 6.50. The van der Waals surface area contributed by atoms with Crippen molar-refractivity contribution in [1.29, 1.82) is 0 Å². The molecule has 2 rings (SSSR count). The first kappa shape index (κ1) is 15.1. The van der Waals surface area contributed by atoms with Crippen LogP contribution in [0, 0.1) is 11.8 Å². The molecule has 1 heterocycles. The lowest BCUT2D eigenvalue weighted by Crippen LogP contribution is -2.49. The Kier molecular flexibility index (Phi) is 4.89. The van der Waals surface area contributed by atoms with Crippen molar-refractivity contribution in [3.8, 4) is 0 Å². The van der Waals surface area contributed by atoms with Crippen LogP contribution in [0.1, 0.15) is 46.5 Å². The number of carbonyl (C=O) groups is 2. The molecular formula is C15H27N3O2. The van der Waals surface area contributed by atoms with Gasteiger partial charge in [0.2, 0.25) is 5.91 Å². The minimum Gasteiger partial charge on any atom is -0.353 e. The fraction of sp³-hybridized carbons (Fsp3) is 0.867. The molecule has 0 aromatic rings. The lowest BCUT2D eigenvalue weighted by atomic mass is 9.95. The third-order valence-electron chi connectivity index (χ3n) is 4.26. The third kappa shape index (κ3) is 4.12. The number of urea groups is 1. The minimum absolute atomic E-state index is 0.00907. The maximum absolute atomic E-state index is 12.2. The summed E-state index contributed by atoms with van der Waals surface area (Å²) in [5.41, 5.74) is 0. The molecule has 0 bridgehead atoms. The fourth-order valence-corrected chi connectivity index (χ4v) is 2.74. The van der Waals surface area contributed by atoms with Crippen molar-refractivity contribution in [2.75, 3.05) is 13.1 Å². The Bertz CT molecular complexity index is 358. The fourth-order valence-electron chi connectivity index (χ4n) is 2.74. The van der Waals surface area contributed by atoms with E-state index in [0.717, 1.165) is 12.8 Å². The van der Waals surface area contributed by atoms with Gasteiger partial charge in [0.25, 0.3) is 0 Å². The van der Waals surface area contributed by atoms with E-state index in [1.807, 2.05) is 18.7 Å². The van der Waals surface area contributed by atoms with Crippen LogP contribution in [0.3, 0.4) is 0 Å². The van der Waals surface area contributed by atoms with Crippen LogP contribution in [0.25, 0.3) is 0 Å². The van der Waals surface area contributed by atoms with Crippen LogP contribution in [0.4, 0.5) is 4.79 Å². The van der Waals surface area contributed by atoms with Crippen LogP contribution in [0.2, 0.25) is 0 Å². The zero-order valence-corrected chi connectivity index (χ0v) is 12.8. The summed E-state index contributed by atoms with van der Waals surface area (Å²) in [5.74, 6) is 0.934. The average Bonchev–Trinajstić information content (AvgIpc) is 3.22. The molecule has 2 aliphatic rings. The summed E-state index contributed by atoms with van der Waals surface area (Å²) < 4.78 is 0. The molecular weight excluding hydrogens is 254 g/mol. The molecule has 1 aliphatic heterocycles. The molecule has 0 aromatic heterocycles. The van der Waals surface area contributed by atoms with Gasteiger partial charge in [-0.15, -0.1) is 0 Å². The van der Waals surface area contributed by atoms with E-state index in [1.165, 1.54) is 12.8 Å². The van der Waals surface area contributed by atoms with Gasteiger partial charge in [0.05, 0.1) is 0 Å². The number of nitrogens with one attached hydrogen (secondary N) is 2. The molecule has 114 valence electrons. The third-order valence-corrected chi connectivity index (χ3v) is 4.26. The van der Waals surface area contributed by atoms with Crippen LogP contribution in [0.15, 0.2) is 0 Å². The van der Waals surface area contributed by atoms with Crippen molar-refractivity contribution in [1.82, 2.24) is 15.5 Å². The molecule has 3 amide bonds. The minimum atomic E-state index is -0.00907. The van der Waals surface area contributed by atoms with Crippen molar-refractivity contribution < 1.29 is 9.59 Å². The van der Waals surface area contributed by atoms with E-state index in [2.05, 4.69) is 17.6 Å². The van der Waals surface area contributed by atoms with Gasteiger partial charge in [0, 0.05) is 31.1 Å². The number of hydrogen-bond acceptors (Lipinski definition) is 2. The van der Waals surface area contributed by atoms with Crippen LogP contribution >= 0.6 is 0 Å². The molecule has 1 atom stereocenters. The first-order valence-electron chi connectivity index (χ1n) is 7.83. The maximum Gasteiger partial charge on any atom is 0.317 e. The number of piperidine rings is 1. The van der Waals surface area contributed by atoms with Gasteiger partial charge in [-0.1, -0.05) is 0 Å². The van der Waals surface area contributed by atoms with Gasteiger partial charge in [0.1, 0.15) is 0 Å². The normalized spacial score (nSPS) is 21.7. The summed E-state index contributed by atoms with van der Waals surface area (Å²) in [6, 6.07) is 0.456. The smallest absolute Gasteiger partial charge is 0.317 e. The lowest BCUT2D eigenvalue weighted by Gasteiger charge is -2.32. The summed E-state index contributed by atoms with van der Waals surface area (Å²) in [6.45, 7) is 7.36. The van der Waals surface area contributed by atoms with Gasteiger partial charge in [-0.3, -0.25) is 4.79 Å². The van der Waals surface area contributed by atoms with Crippen molar-refractivity contribution in [2.45, 2.75) is 58.5 Å². The zero-order valence-electron chi connectivity index (χ0n) is 12.8. The first-order chi connectivity index (χ1) is 9.47. The molecule has 1 saturated carbocycles. The monoisotopic (exact) mass is 281 g/mol. The van der Waals surface area contributed by atoms with E-state index in [0.29, 0.717) is 25.0 Å². The first-order valence-corrected chi connectivity index (χ1v) is 7.83. The topological polar surface area (TPSA) is 61.4 Å². The number of amides is 3. The highest BCUT2D eigenvalue weighted by atomic mass is 16.2. The lowest BCUT2D eigenvalue weighted by molar-refractivity contribution is -0.127. The number of likely N-dealkylation sites (tertiary alicyclic amines) is 1. The molecule has 2 fully saturated rings. The van der Waals surface area contributed by atoms with E-state index in [1.54, 1.807) is 0 Å². The Morgan fingerprint density at radius 2 is 1.60 bits per heavy atom. The summed E-state index contributed by atoms with van der Waals surface area (Å²) in [7, 11) is 0. The highest BCUT2D eigenvalue weighted by molar-refractivity contribution is 5.80. The SMILES string of the molecule is CC(C)NC(=O)N1CCC(C(=O)N[C@H](C)C2CC2)CC1. The van der Waals surface area contributed by atoms with Crippen LogP contribution in [0.5, 0.6) is 0 Å². The molecule has 1 aliphatic carbocycles. The van der Waals surface area contributed by atoms with Gasteiger partial charge in [0.15, 0.2) is 0 Å². The second-order valence-electron chi connectivity index (χ2n) is 6.50. The van der Waals surface area contributed by atoms with Crippen molar-refractivity contribution in [3.05, 3.63) is 0 Å². The molecule has 0 aromatic carbocycles. The Hall–Kier alpha value is -1.26. The molecule has 0 unspecified atom stereocenters. The number of nitrogens with zero attached hydrogens (tertiary/aromatic N) is 1. The number of hydrogen-bond donors (Lipinski definition) is 2. The van der Waals surface area contributed by atoms with E-state index >= 15 is 0 Å². The summed E-state index contributed by atoms with van der Waals surface area (Å²) >= 11 is 0. The highest BCUT2D eigenvalue weighted by Gasteiger charge is 2.32. The summed E-state index contributed by atoms with van der Waals surface area (Å²) in [4.78, 5) is 25.9. The molecule has 2 N–H and O–H groups in total. The van der Waals surface area contributed by atoms with E-state index in [4.69, 9.17) is 0 Å². The predicted octanol–water partition coefficient (Wildman–Crippen LogP) is 1.73. The molecule has 20 heavy (non-hydrogen) atoms. The average molecular weight is 281 g/mol. The van der Waals surface area contributed by atoms with Crippen LogP contribution < -0.4 is 10.6 Å². The number of carbonyl (C=O) groups excluding carboxylic acids is 2. The Morgan fingerprint density at radius 1 is 1.00 bits per heavy atom. The second kappa shape index (κ2) is 6.46. The zero-order chi connectivity index (χ0) is 14.7. The molecule has 1 saturated heterocycles. The Labute approximate surface area is 121 Å². The summed E-state index contributed by atoms with van der Waals surface area (Å²) in [5, 5.41) is 6.03. The van der Waals surface area contributed by atoms with Crippen molar-refractivity contribution in [2.24, 2.45) is 11.8 Å². The highest BCUT2D eigenvalue weighted by Crippen LogP contribution is 2.32. The van der Waals surface area contributed by atoms with Crippen LogP contribution in [-0.4, -0.2) is 42.0 Å². The van der Waals surface area contributed by atoms with Crippen molar-refractivity contribution in [3.63, 3.8) is 0 Å². The summed E-state index contributed by atoms with van der Waals surface area (Å²) in [6.07, 6.45) is 4.04.